The molecule has 0 saturated heterocycles. The molecule has 0 aliphatic carbocycles. The van der Waals surface area contributed by atoms with Gasteiger partial charge in [0.25, 0.3) is 0 Å². The van der Waals surface area contributed by atoms with Crippen molar-refractivity contribution in [1.82, 2.24) is 9.55 Å². The number of aliphatic hydroxyl groups excluding tert-OH is 1. The predicted octanol–water partition coefficient (Wildman–Crippen LogP) is 3.80. The number of aliphatic hydroxyl groups is 1. The van der Waals surface area contributed by atoms with Gasteiger partial charge >= 0.3 is 5.97 Å². The number of nitrogens with zero attached hydrogens (tertiary/aromatic N) is 2. The van der Waals surface area contributed by atoms with Crippen molar-refractivity contribution in [3.63, 3.8) is 0 Å². The van der Waals surface area contributed by atoms with Crippen LogP contribution in [0.25, 0.3) is 21.8 Å². The first kappa shape index (κ1) is 17.2. The number of aliphatic carboxylic acids is 1. The Bertz CT molecular complexity index is 1180. The maximum Gasteiger partial charge on any atom is 0.323 e. The van der Waals surface area contributed by atoms with Gasteiger partial charge in [-0.1, -0.05) is 24.3 Å². The van der Waals surface area contributed by atoms with Crippen molar-refractivity contribution in [2.75, 3.05) is 0 Å². The molecule has 2 N–H and O–H groups in total. The van der Waals surface area contributed by atoms with Crippen molar-refractivity contribution in [1.29, 1.82) is 0 Å². The smallest absolute Gasteiger partial charge is 0.323 e. The number of carbonyl (C=O) groups is 1. The third-order valence-corrected chi connectivity index (χ3v) is 4.80. The van der Waals surface area contributed by atoms with Crippen LogP contribution in [0.3, 0.4) is 0 Å². The van der Waals surface area contributed by atoms with Crippen molar-refractivity contribution in [2.24, 2.45) is 0 Å². The SMILES string of the molecule is Cc1c(C(O)c2ccc3ccccc3n2)c2cc(F)ccc2n1CC(=O)O. The van der Waals surface area contributed by atoms with Crippen LogP contribution in [0.15, 0.2) is 54.6 Å². The largest absolute Gasteiger partial charge is 0.480 e. The molecule has 5 nitrogen and oxygen atoms in total. The normalized spacial score (nSPS) is 12.6. The van der Waals surface area contributed by atoms with Gasteiger partial charge in [0.2, 0.25) is 0 Å². The van der Waals surface area contributed by atoms with Gasteiger partial charge in [0.15, 0.2) is 0 Å². The first-order chi connectivity index (χ1) is 13.0. The second-order valence-electron chi connectivity index (χ2n) is 6.47. The van der Waals surface area contributed by atoms with E-state index in [2.05, 4.69) is 4.98 Å². The molecule has 0 aliphatic heterocycles. The second kappa shape index (κ2) is 6.48. The van der Waals surface area contributed by atoms with Gasteiger partial charge < -0.3 is 14.8 Å². The number of benzene rings is 2. The zero-order chi connectivity index (χ0) is 19.1. The average Bonchev–Trinajstić information content (AvgIpc) is 2.91. The van der Waals surface area contributed by atoms with Gasteiger partial charge in [-0.05, 0) is 37.3 Å². The summed E-state index contributed by atoms with van der Waals surface area (Å²) in [5, 5.41) is 21.7. The molecule has 27 heavy (non-hydrogen) atoms. The molecule has 1 unspecified atom stereocenters. The summed E-state index contributed by atoms with van der Waals surface area (Å²) in [7, 11) is 0. The summed E-state index contributed by atoms with van der Waals surface area (Å²) in [5.74, 6) is -1.46. The van der Waals surface area contributed by atoms with Gasteiger partial charge in [-0.2, -0.15) is 0 Å². The molecule has 2 aromatic carbocycles. The molecule has 6 heteroatoms. The number of fused-ring (bicyclic) bond motifs is 2. The fourth-order valence-corrected chi connectivity index (χ4v) is 3.55. The lowest BCUT2D eigenvalue weighted by atomic mass is 10.0. The summed E-state index contributed by atoms with van der Waals surface area (Å²) < 4.78 is 15.4. The average molecular weight is 364 g/mol. The summed E-state index contributed by atoms with van der Waals surface area (Å²) in [6, 6.07) is 15.3. The molecule has 2 heterocycles. The molecule has 0 spiro atoms. The van der Waals surface area contributed by atoms with Crippen LogP contribution in [0, 0.1) is 12.7 Å². The zero-order valence-corrected chi connectivity index (χ0v) is 14.6. The van der Waals surface area contributed by atoms with Gasteiger partial charge in [-0.15, -0.1) is 0 Å². The monoisotopic (exact) mass is 364 g/mol. The molecular formula is C21H17FN2O3. The molecule has 4 aromatic rings. The highest BCUT2D eigenvalue weighted by Crippen LogP contribution is 2.34. The van der Waals surface area contributed by atoms with E-state index in [-0.39, 0.29) is 6.54 Å². The van der Waals surface area contributed by atoms with Gasteiger partial charge in [0.1, 0.15) is 18.5 Å². The van der Waals surface area contributed by atoms with Gasteiger partial charge in [-0.3, -0.25) is 4.79 Å². The van der Waals surface area contributed by atoms with Crippen molar-refractivity contribution < 1.29 is 19.4 Å². The summed E-state index contributed by atoms with van der Waals surface area (Å²) >= 11 is 0. The number of aromatic nitrogens is 2. The maximum atomic E-state index is 13.9. The minimum absolute atomic E-state index is 0.272. The summed E-state index contributed by atoms with van der Waals surface area (Å²) in [5.41, 5.74) is 2.77. The van der Waals surface area contributed by atoms with E-state index in [0.29, 0.717) is 27.9 Å². The second-order valence-corrected chi connectivity index (χ2v) is 6.47. The minimum Gasteiger partial charge on any atom is -0.480 e. The van der Waals surface area contributed by atoms with E-state index in [1.54, 1.807) is 17.6 Å². The number of hydrogen-bond acceptors (Lipinski definition) is 3. The molecule has 136 valence electrons. The highest BCUT2D eigenvalue weighted by Gasteiger charge is 2.24. The maximum absolute atomic E-state index is 13.9. The fraction of sp³-hybridized carbons (Fsp3) is 0.143. The number of halogens is 1. The summed E-state index contributed by atoms with van der Waals surface area (Å²) in [6.07, 6.45) is -1.10. The van der Waals surface area contributed by atoms with Crippen LogP contribution in [0.5, 0.6) is 0 Å². The van der Waals surface area contributed by atoms with Gasteiger partial charge in [0.05, 0.1) is 11.2 Å². The number of pyridine rings is 1. The molecule has 1 atom stereocenters. The molecule has 0 saturated carbocycles. The Morgan fingerprint density at radius 2 is 1.96 bits per heavy atom. The molecule has 0 aliphatic rings. The van der Waals surface area contributed by atoms with Crippen LogP contribution in [0.4, 0.5) is 4.39 Å². The van der Waals surface area contributed by atoms with Crippen LogP contribution in [0.1, 0.15) is 23.1 Å². The molecule has 0 bridgehead atoms. The Morgan fingerprint density at radius 1 is 1.19 bits per heavy atom. The van der Waals surface area contributed by atoms with Crippen LogP contribution in [-0.4, -0.2) is 25.7 Å². The molecule has 4 rings (SSSR count). The fourth-order valence-electron chi connectivity index (χ4n) is 3.55. The highest BCUT2D eigenvalue weighted by atomic mass is 19.1. The third-order valence-electron chi connectivity index (χ3n) is 4.80. The Kier molecular flexibility index (Phi) is 4.12. The summed E-state index contributed by atoms with van der Waals surface area (Å²) in [4.78, 5) is 15.8. The zero-order valence-electron chi connectivity index (χ0n) is 14.6. The van der Waals surface area contributed by atoms with E-state index >= 15 is 0 Å². The van der Waals surface area contributed by atoms with Crippen molar-refractivity contribution >= 4 is 27.8 Å². The Balaban J connectivity index is 1.92. The van der Waals surface area contributed by atoms with E-state index in [1.165, 1.54) is 18.2 Å². The van der Waals surface area contributed by atoms with Crippen molar-refractivity contribution in [3.05, 3.63) is 77.4 Å². The molecule has 2 aromatic heterocycles. The molecule has 0 fully saturated rings. The first-order valence-electron chi connectivity index (χ1n) is 8.49. The quantitative estimate of drug-likeness (QED) is 0.577. The van der Waals surface area contributed by atoms with Crippen LogP contribution in [-0.2, 0) is 11.3 Å². The van der Waals surface area contributed by atoms with E-state index in [9.17, 15) is 19.4 Å². The number of carboxylic acids is 1. The topological polar surface area (TPSA) is 75.4 Å². The van der Waals surface area contributed by atoms with Crippen LogP contribution >= 0.6 is 0 Å². The lowest BCUT2D eigenvalue weighted by Gasteiger charge is -2.13. The highest BCUT2D eigenvalue weighted by molar-refractivity contribution is 5.88. The standard InChI is InChI=1S/C21H17FN2O3/c1-12-20(15-10-14(22)7-9-18(15)24(12)11-19(25)26)21(27)17-8-6-13-4-2-3-5-16(13)23-17/h2-10,21,27H,11H2,1H3,(H,25,26). The first-order valence-corrected chi connectivity index (χ1v) is 8.49. The lowest BCUT2D eigenvalue weighted by Crippen LogP contribution is -2.11. The van der Waals surface area contributed by atoms with Crippen molar-refractivity contribution in [3.8, 4) is 0 Å². The van der Waals surface area contributed by atoms with Gasteiger partial charge in [-0.25, -0.2) is 9.37 Å². The van der Waals surface area contributed by atoms with E-state index in [4.69, 9.17) is 0 Å². The number of carboxylic acid groups (broad SMARTS) is 1. The van der Waals surface area contributed by atoms with E-state index in [1.807, 2.05) is 30.3 Å². The Morgan fingerprint density at radius 3 is 2.74 bits per heavy atom. The van der Waals surface area contributed by atoms with Crippen LogP contribution in [0.2, 0.25) is 0 Å². The summed E-state index contributed by atoms with van der Waals surface area (Å²) in [6.45, 7) is 1.45. The predicted molar refractivity (Wildman–Crippen MR) is 100 cm³/mol. The van der Waals surface area contributed by atoms with Crippen LogP contribution < -0.4 is 0 Å². The van der Waals surface area contributed by atoms with E-state index < -0.39 is 17.9 Å². The number of para-hydroxylation sites is 1. The third kappa shape index (κ3) is 2.94. The van der Waals surface area contributed by atoms with Crippen molar-refractivity contribution in [2.45, 2.75) is 19.6 Å². The van der Waals surface area contributed by atoms with E-state index in [0.717, 1.165) is 10.9 Å². The molecule has 0 radical (unpaired) electrons. The number of rotatable bonds is 4. The molecular weight excluding hydrogens is 347 g/mol. The number of hydrogen-bond donors (Lipinski definition) is 2. The lowest BCUT2D eigenvalue weighted by molar-refractivity contribution is -0.137. The Hall–Kier alpha value is -3.25. The van der Waals surface area contributed by atoms with Gasteiger partial charge in [0, 0.05) is 27.5 Å². The molecule has 0 amide bonds. The Labute approximate surface area is 154 Å². The minimum atomic E-state index is -1.10.